The van der Waals surface area contributed by atoms with Crippen LogP contribution in [0, 0.1) is 0 Å². The molecule has 3 N–H and O–H groups in total. The lowest BCUT2D eigenvalue weighted by atomic mass is 10.3. The van der Waals surface area contributed by atoms with E-state index in [0.717, 1.165) is 26.0 Å². The number of ether oxygens (including phenoxy) is 1. The summed E-state index contributed by atoms with van der Waals surface area (Å²) in [5.41, 5.74) is 6.94. The summed E-state index contributed by atoms with van der Waals surface area (Å²) in [5, 5.41) is 2.90. The Morgan fingerprint density at radius 2 is 2.21 bits per heavy atom. The van der Waals surface area contributed by atoms with E-state index >= 15 is 0 Å². The number of hydrogen-bond donors (Lipinski definition) is 2. The van der Waals surface area contributed by atoms with E-state index in [2.05, 4.69) is 5.32 Å². The van der Waals surface area contributed by atoms with Gasteiger partial charge in [0.15, 0.2) is 0 Å². The van der Waals surface area contributed by atoms with E-state index in [-0.39, 0.29) is 12.0 Å². The average molecular weight is 267 g/mol. The first-order valence-corrected chi connectivity index (χ1v) is 6.90. The number of rotatable bonds is 8. The second kappa shape index (κ2) is 7.84. The van der Waals surface area contributed by atoms with Crippen LogP contribution in [0.25, 0.3) is 0 Å². The summed E-state index contributed by atoms with van der Waals surface area (Å²) in [6.07, 6.45) is 3.92. The Kier molecular flexibility index (Phi) is 6.42. The van der Waals surface area contributed by atoms with Gasteiger partial charge in [0.1, 0.15) is 5.69 Å². The van der Waals surface area contributed by atoms with Crippen molar-refractivity contribution in [2.45, 2.75) is 46.3 Å². The molecule has 0 atom stereocenters. The van der Waals surface area contributed by atoms with E-state index in [1.165, 1.54) is 0 Å². The van der Waals surface area contributed by atoms with Crippen LogP contribution < -0.4 is 11.1 Å². The van der Waals surface area contributed by atoms with Crippen LogP contribution in [-0.4, -0.2) is 29.7 Å². The van der Waals surface area contributed by atoms with E-state index in [1.807, 2.05) is 25.3 Å². The number of nitrogen functional groups attached to an aromatic ring is 1. The summed E-state index contributed by atoms with van der Waals surface area (Å²) in [6.45, 7) is 8.17. The molecule has 1 amide bonds. The van der Waals surface area contributed by atoms with E-state index in [0.29, 0.717) is 17.9 Å². The molecule has 5 nitrogen and oxygen atoms in total. The summed E-state index contributed by atoms with van der Waals surface area (Å²) in [6, 6.07) is 1.71. The minimum Gasteiger partial charge on any atom is -0.397 e. The molecule has 19 heavy (non-hydrogen) atoms. The maximum Gasteiger partial charge on any atom is 0.267 e. The fraction of sp³-hybridized carbons (Fsp3) is 0.643. The molecule has 0 saturated heterocycles. The molecular weight excluding hydrogens is 242 g/mol. The van der Waals surface area contributed by atoms with Crippen molar-refractivity contribution >= 4 is 11.6 Å². The Hall–Kier alpha value is -1.49. The third kappa shape index (κ3) is 5.34. The van der Waals surface area contributed by atoms with Gasteiger partial charge in [0.05, 0.1) is 11.8 Å². The maximum absolute atomic E-state index is 12.0. The maximum atomic E-state index is 12.0. The van der Waals surface area contributed by atoms with Gasteiger partial charge in [-0.2, -0.15) is 0 Å². The van der Waals surface area contributed by atoms with Gasteiger partial charge in [-0.15, -0.1) is 0 Å². The van der Waals surface area contributed by atoms with Crippen LogP contribution in [0.3, 0.4) is 0 Å². The van der Waals surface area contributed by atoms with Crippen molar-refractivity contribution < 1.29 is 9.53 Å². The molecule has 0 fully saturated rings. The Morgan fingerprint density at radius 3 is 2.84 bits per heavy atom. The van der Waals surface area contributed by atoms with E-state index in [4.69, 9.17) is 10.5 Å². The number of carbonyl (C=O) groups excluding carboxylic acids is 1. The van der Waals surface area contributed by atoms with Gasteiger partial charge < -0.3 is 20.4 Å². The zero-order valence-electron chi connectivity index (χ0n) is 12.1. The zero-order chi connectivity index (χ0) is 14.3. The van der Waals surface area contributed by atoms with Gasteiger partial charge in [-0.05, 0) is 39.7 Å². The van der Waals surface area contributed by atoms with E-state index < -0.39 is 0 Å². The first-order valence-electron chi connectivity index (χ1n) is 6.90. The average Bonchev–Trinajstić information content (AvgIpc) is 2.74. The number of amides is 1. The number of nitrogens with one attached hydrogen (secondary N) is 1. The van der Waals surface area contributed by atoms with Crippen molar-refractivity contribution in [2.24, 2.45) is 0 Å². The van der Waals surface area contributed by atoms with Crippen molar-refractivity contribution in [2.75, 3.05) is 18.9 Å². The number of nitrogens with zero attached hydrogens (tertiary/aromatic N) is 1. The van der Waals surface area contributed by atoms with Gasteiger partial charge in [-0.3, -0.25) is 4.79 Å². The SMILES string of the molecule is CCn1cc(N)cc1C(=O)NCCCCOC(C)C. The molecule has 0 aromatic carbocycles. The Bertz CT molecular complexity index is 399. The summed E-state index contributed by atoms with van der Waals surface area (Å²) in [4.78, 5) is 12.0. The highest BCUT2D eigenvalue weighted by atomic mass is 16.5. The predicted octanol–water partition coefficient (Wildman–Crippen LogP) is 2.03. The van der Waals surface area contributed by atoms with E-state index in [1.54, 1.807) is 12.3 Å². The topological polar surface area (TPSA) is 69.3 Å². The molecule has 108 valence electrons. The normalized spacial score (nSPS) is 10.9. The van der Waals surface area contributed by atoms with Gasteiger partial charge in [-0.25, -0.2) is 0 Å². The zero-order valence-corrected chi connectivity index (χ0v) is 12.1. The monoisotopic (exact) mass is 267 g/mol. The van der Waals surface area contributed by atoms with Crippen molar-refractivity contribution in [3.63, 3.8) is 0 Å². The molecule has 0 unspecified atom stereocenters. The Balaban J connectivity index is 2.27. The molecule has 1 aromatic rings. The molecule has 0 bridgehead atoms. The van der Waals surface area contributed by atoms with Crippen LogP contribution in [-0.2, 0) is 11.3 Å². The van der Waals surface area contributed by atoms with Crippen molar-refractivity contribution in [1.29, 1.82) is 0 Å². The summed E-state index contributed by atoms with van der Waals surface area (Å²) < 4.78 is 7.29. The lowest BCUT2D eigenvalue weighted by Crippen LogP contribution is -2.26. The molecule has 0 aliphatic heterocycles. The third-order valence-electron chi connectivity index (χ3n) is 2.80. The molecule has 1 heterocycles. The number of hydrogen-bond acceptors (Lipinski definition) is 3. The minimum atomic E-state index is -0.0664. The predicted molar refractivity (Wildman–Crippen MR) is 77.2 cm³/mol. The van der Waals surface area contributed by atoms with E-state index in [9.17, 15) is 4.79 Å². The molecule has 0 aliphatic carbocycles. The Labute approximate surface area is 115 Å². The number of aryl methyl sites for hydroxylation is 1. The van der Waals surface area contributed by atoms with Crippen molar-refractivity contribution in [3.8, 4) is 0 Å². The van der Waals surface area contributed by atoms with Gasteiger partial charge >= 0.3 is 0 Å². The van der Waals surface area contributed by atoms with Gasteiger partial charge in [0, 0.05) is 25.9 Å². The molecule has 5 heteroatoms. The number of nitrogens with two attached hydrogens (primary N) is 1. The quantitative estimate of drug-likeness (QED) is 0.708. The van der Waals surface area contributed by atoms with Crippen LogP contribution >= 0.6 is 0 Å². The fourth-order valence-corrected chi connectivity index (χ4v) is 1.82. The third-order valence-corrected chi connectivity index (χ3v) is 2.80. The lowest BCUT2D eigenvalue weighted by Gasteiger charge is -2.09. The van der Waals surface area contributed by atoms with Gasteiger partial charge in [0.25, 0.3) is 5.91 Å². The van der Waals surface area contributed by atoms with Crippen LogP contribution in [0.2, 0.25) is 0 Å². The first-order chi connectivity index (χ1) is 9.04. The second-order valence-electron chi connectivity index (χ2n) is 4.83. The summed E-state index contributed by atoms with van der Waals surface area (Å²) in [5.74, 6) is -0.0664. The standard InChI is InChI=1S/C14H25N3O2/c1-4-17-10-12(15)9-13(17)14(18)16-7-5-6-8-19-11(2)3/h9-11H,4-8,15H2,1-3H3,(H,16,18). The number of unbranched alkanes of at least 4 members (excludes halogenated alkanes) is 1. The van der Waals surface area contributed by atoms with Crippen LogP contribution in [0.15, 0.2) is 12.3 Å². The van der Waals surface area contributed by atoms with Gasteiger partial charge in [0.2, 0.25) is 0 Å². The highest BCUT2D eigenvalue weighted by Crippen LogP contribution is 2.10. The van der Waals surface area contributed by atoms with Crippen LogP contribution in [0.5, 0.6) is 0 Å². The summed E-state index contributed by atoms with van der Waals surface area (Å²) >= 11 is 0. The molecule has 0 spiro atoms. The number of carbonyl (C=O) groups is 1. The number of aromatic nitrogens is 1. The highest BCUT2D eigenvalue weighted by Gasteiger charge is 2.11. The molecule has 1 rings (SSSR count). The first kappa shape index (κ1) is 15.6. The van der Waals surface area contributed by atoms with Crippen LogP contribution in [0.4, 0.5) is 5.69 Å². The Morgan fingerprint density at radius 1 is 1.47 bits per heavy atom. The molecule has 0 aliphatic rings. The minimum absolute atomic E-state index is 0.0664. The molecule has 1 aromatic heterocycles. The lowest BCUT2D eigenvalue weighted by molar-refractivity contribution is 0.0754. The van der Waals surface area contributed by atoms with Crippen LogP contribution in [0.1, 0.15) is 44.1 Å². The smallest absolute Gasteiger partial charge is 0.267 e. The molecular formula is C14H25N3O2. The second-order valence-corrected chi connectivity index (χ2v) is 4.83. The fourth-order valence-electron chi connectivity index (χ4n) is 1.82. The summed E-state index contributed by atoms with van der Waals surface area (Å²) in [7, 11) is 0. The van der Waals surface area contributed by atoms with Gasteiger partial charge in [-0.1, -0.05) is 0 Å². The number of anilines is 1. The largest absolute Gasteiger partial charge is 0.397 e. The highest BCUT2D eigenvalue weighted by molar-refractivity contribution is 5.93. The molecule has 0 saturated carbocycles. The molecule has 0 radical (unpaired) electrons. The van der Waals surface area contributed by atoms with Crippen molar-refractivity contribution in [3.05, 3.63) is 18.0 Å². The van der Waals surface area contributed by atoms with Crippen molar-refractivity contribution in [1.82, 2.24) is 9.88 Å².